The first-order chi connectivity index (χ1) is 13.2. The Bertz CT molecular complexity index is 305. The Kier molecular flexibility index (Phi) is 20.0. The molecule has 0 radical (unpaired) electrons. The molecular weight excluding hydrogens is 340 g/mol. The third kappa shape index (κ3) is 16.3. The maximum Gasteiger partial charge on any atom is 0.0629 e. The number of aliphatic hydroxyl groups is 3. The number of hydrogen-bond donors (Lipinski definition) is 3. The molecule has 0 heterocycles. The van der Waals surface area contributed by atoms with E-state index in [1.165, 1.54) is 77.0 Å². The van der Waals surface area contributed by atoms with Gasteiger partial charge in [0.15, 0.2) is 0 Å². The summed E-state index contributed by atoms with van der Waals surface area (Å²) in [5.41, 5.74) is -0.900. The van der Waals surface area contributed by atoms with Gasteiger partial charge in [0, 0.05) is 6.61 Å². The molecule has 162 valence electrons. The highest BCUT2D eigenvalue weighted by atomic mass is 16.5. The van der Waals surface area contributed by atoms with Crippen molar-refractivity contribution in [3.63, 3.8) is 0 Å². The van der Waals surface area contributed by atoms with Gasteiger partial charge in [0.05, 0.1) is 31.8 Å². The van der Waals surface area contributed by atoms with Gasteiger partial charge >= 0.3 is 0 Å². The standard InChI is InChI=1S/C23H46O4/c1-2-3-4-5-6-7-8-9-10-11-12-13-14-15-16-17-18-27-22-23(19-24,20-25)21-26/h9-10,24-26H,2-8,11-22H2,1H3/b10-9-. The fraction of sp³-hybridized carbons (Fsp3) is 0.913. The lowest BCUT2D eigenvalue weighted by Gasteiger charge is -2.26. The number of allylic oxidation sites excluding steroid dienone is 2. The van der Waals surface area contributed by atoms with E-state index < -0.39 is 5.41 Å². The van der Waals surface area contributed by atoms with Crippen LogP contribution in [-0.4, -0.2) is 48.4 Å². The van der Waals surface area contributed by atoms with Crippen molar-refractivity contribution in [3.05, 3.63) is 12.2 Å². The van der Waals surface area contributed by atoms with Crippen molar-refractivity contribution in [2.45, 2.75) is 96.8 Å². The summed E-state index contributed by atoms with van der Waals surface area (Å²) in [6, 6.07) is 0. The number of unbranched alkanes of at least 4 members (excludes halogenated alkanes) is 12. The topological polar surface area (TPSA) is 69.9 Å². The predicted molar refractivity (Wildman–Crippen MR) is 114 cm³/mol. The Balaban J connectivity index is 3.28. The summed E-state index contributed by atoms with van der Waals surface area (Å²) in [7, 11) is 0. The zero-order valence-corrected chi connectivity index (χ0v) is 17.8. The van der Waals surface area contributed by atoms with E-state index in [-0.39, 0.29) is 26.4 Å². The zero-order valence-electron chi connectivity index (χ0n) is 17.8. The average Bonchev–Trinajstić information content (AvgIpc) is 2.70. The molecule has 0 fully saturated rings. The molecule has 0 saturated heterocycles. The average molecular weight is 387 g/mol. The van der Waals surface area contributed by atoms with Crippen molar-refractivity contribution < 1.29 is 20.1 Å². The van der Waals surface area contributed by atoms with Gasteiger partial charge < -0.3 is 20.1 Å². The molecule has 27 heavy (non-hydrogen) atoms. The van der Waals surface area contributed by atoms with Gasteiger partial charge in [0.2, 0.25) is 0 Å². The van der Waals surface area contributed by atoms with Crippen molar-refractivity contribution in [1.29, 1.82) is 0 Å². The van der Waals surface area contributed by atoms with Crippen molar-refractivity contribution in [2.24, 2.45) is 5.41 Å². The molecule has 0 aliphatic rings. The van der Waals surface area contributed by atoms with Crippen LogP contribution < -0.4 is 0 Å². The summed E-state index contributed by atoms with van der Waals surface area (Å²) in [5.74, 6) is 0. The van der Waals surface area contributed by atoms with Gasteiger partial charge in [-0.3, -0.25) is 0 Å². The lowest BCUT2D eigenvalue weighted by atomic mass is 9.93. The zero-order chi connectivity index (χ0) is 20.1. The number of ether oxygens (including phenoxy) is 1. The smallest absolute Gasteiger partial charge is 0.0629 e. The first-order valence-corrected chi connectivity index (χ1v) is 11.3. The van der Waals surface area contributed by atoms with E-state index in [2.05, 4.69) is 19.1 Å². The van der Waals surface area contributed by atoms with Crippen molar-refractivity contribution >= 4 is 0 Å². The summed E-state index contributed by atoms with van der Waals surface area (Å²) in [6.45, 7) is 2.33. The molecule has 0 unspecified atom stereocenters. The minimum atomic E-state index is -0.900. The summed E-state index contributed by atoms with van der Waals surface area (Å²) in [5, 5.41) is 27.6. The fourth-order valence-corrected chi connectivity index (χ4v) is 3.03. The molecule has 3 N–H and O–H groups in total. The molecule has 0 aromatic heterocycles. The van der Waals surface area contributed by atoms with E-state index in [1.54, 1.807) is 0 Å². The molecule has 0 aliphatic carbocycles. The largest absolute Gasteiger partial charge is 0.396 e. The van der Waals surface area contributed by atoms with Crippen LogP contribution in [0.2, 0.25) is 0 Å². The highest BCUT2D eigenvalue weighted by Gasteiger charge is 2.28. The van der Waals surface area contributed by atoms with Crippen LogP contribution >= 0.6 is 0 Å². The van der Waals surface area contributed by atoms with Gasteiger partial charge in [-0.15, -0.1) is 0 Å². The Morgan fingerprint density at radius 3 is 1.56 bits per heavy atom. The Labute approximate surface area is 168 Å². The van der Waals surface area contributed by atoms with Crippen LogP contribution in [0.5, 0.6) is 0 Å². The van der Waals surface area contributed by atoms with E-state index >= 15 is 0 Å². The molecule has 0 spiro atoms. The molecule has 0 amide bonds. The van der Waals surface area contributed by atoms with Crippen LogP contribution in [0.25, 0.3) is 0 Å². The Morgan fingerprint density at radius 2 is 1.07 bits per heavy atom. The number of hydrogen-bond acceptors (Lipinski definition) is 4. The van der Waals surface area contributed by atoms with Gasteiger partial charge in [-0.05, 0) is 32.1 Å². The van der Waals surface area contributed by atoms with Crippen molar-refractivity contribution in [2.75, 3.05) is 33.0 Å². The third-order valence-corrected chi connectivity index (χ3v) is 5.21. The minimum absolute atomic E-state index is 0.210. The van der Waals surface area contributed by atoms with Crippen LogP contribution in [-0.2, 0) is 4.74 Å². The molecule has 4 nitrogen and oxygen atoms in total. The Morgan fingerprint density at radius 1 is 0.630 bits per heavy atom. The van der Waals surface area contributed by atoms with Gasteiger partial charge in [-0.25, -0.2) is 0 Å². The second kappa shape index (κ2) is 20.3. The first-order valence-electron chi connectivity index (χ1n) is 11.3. The second-order valence-corrected chi connectivity index (χ2v) is 7.96. The van der Waals surface area contributed by atoms with E-state index in [9.17, 15) is 15.3 Å². The maximum atomic E-state index is 9.22. The molecule has 0 aromatic carbocycles. The van der Waals surface area contributed by atoms with E-state index in [1.807, 2.05) is 0 Å². The third-order valence-electron chi connectivity index (χ3n) is 5.21. The van der Waals surface area contributed by atoms with Crippen LogP contribution in [0.3, 0.4) is 0 Å². The quantitative estimate of drug-likeness (QED) is 0.192. The van der Waals surface area contributed by atoms with Gasteiger partial charge in [-0.2, -0.15) is 0 Å². The molecule has 0 bridgehead atoms. The summed E-state index contributed by atoms with van der Waals surface area (Å²) in [4.78, 5) is 0. The monoisotopic (exact) mass is 386 g/mol. The first kappa shape index (κ1) is 26.6. The van der Waals surface area contributed by atoms with E-state index in [4.69, 9.17) is 4.74 Å². The van der Waals surface area contributed by atoms with Gasteiger partial charge in [0.1, 0.15) is 0 Å². The molecule has 0 atom stereocenters. The maximum absolute atomic E-state index is 9.22. The van der Waals surface area contributed by atoms with E-state index in [0.717, 1.165) is 12.8 Å². The Hall–Kier alpha value is -0.420. The van der Waals surface area contributed by atoms with E-state index in [0.29, 0.717) is 6.61 Å². The SMILES string of the molecule is CCCCCCCC/C=C\CCCCCCCCOCC(CO)(CO)CO. The van der Waals surface area contributed by atoms with Crippen molar-refractivity contribution in [1.82, 2.24) is 0 Å². The summed E-state index contributed by atoms with van der Waals surface area (Å²) >= 11 is 0. The summed E-state index contributed by atoms with van der Waals surface area (Å²) < 4.78 is 5.50. The molecule has 4 heteroatoms. The second-order valence-electron chi connectivity index (χ2n) is 7.96. The van der Waals surface area contributed by atoms with Gasteiger partial charge in [-0.1, -0.05) is 76.9 Å². The van der Waals surface area contributed by atoms with Crippen LogP contribution in [0.1, 0.15) is 96.8 Å². The summed E-state index contributed by atoms with van der Waals surface area (Å²) in [6.07, 6.45) is 22.7. The normalized spacial score (nSPS) is 12.3. The number of rotatable bonds is 21. The minimum Gasteiger partial charge on any atom is -0.396 e. The molecule has 0 rings (SSSR count). The molecule has 0 aromatic rings. The van der Waals surface area contributed by atoms with Crippen molar-refractivity contribution in [3.8, 4) is 0 Å². The van der Waals surface area contributed by atoms with Crippen LogP contribution in [0, 0.1) is 5.41 Å². The molecule has 0 aliphatic heterocycles. The molecular formula is C23H46O4. The van der Waals surface area contributed by atoms with Crippen LogP contribution in [0.15, 0.2) is 12.2 Å². The van der Waals surface area contributed by atoms with Gasteiger partial charge in [0.25, 0.3) is 0 Å². The molecule has 0 saturated carbocycles. The number of aliphatic hydroxyl groups excluding tert-OH is 3. The van der Waals surface area contributed by atoms with Crippen LogP contribution in [0.4, 0.5) is 0 Å². The lowest BCUT2D eigenvalue weighted by molar-refractivity contribution is -0.0582. The fourth-order valence-electron chi connectivity index (χ4n) is 3.03. The lowest BCUT2D eigenvalue weighted by Crippen LogP contribution is -2.38. The highest BCUT2D eigenvalue weighted by molar-refractivity contribution is 4.81. The predicted octanol–water partition coefficient (Wildman–Crippen LogP) is 5.00. The highest BCUT2D eigenvalue weighted by Crippen LogP contribution is 2.15.